The number of carbonyl (C=O) groups is 1. The van der Waals surface area contributed by atoms with Crippen LogP contribution in [0.25, 0.3) is 22.3 Å². The van der Waals surface area contributed by atoms with E-state index in [1.165, 1.54) is 0 Å². The van der Waals surface area contributed by atoms with Crippen LogP contribution in [0, 0.1) is 6.92 Å². The molecule has 2 aromatic heterocycles. The molecule has 0 bridgehead atoms. The number of nitrogens with zero attached hydrogens (tertiary/aromatic N) is 2. The molecule has 2 aliphatic rings. The molecule has 0 radical (unpaired) electrons. The number of hydrogen-bond acceptors (Lipinski definition) is 6. The number of benzene rings is 1. The first-order valence-corrected chi connectivity index (χ1v) is 9.19. The number of ether oxygens (including phenoxy) is 1. The summed E-state index contributed by atoms with van der Waals surface area (Å²) in [4.78, 5) is 29.1. The zero-order valence-corrected chi connectivity index (χ0v) is 15.8. The molecule has 144 valence electrons. The summed E-state index contributed by atoms with van der Waals surface area (Å²) in [5.41, 5.74) is 3.81. The van der Waals surface area contributed by atoms with Crippen LogP contribution in [0.3, 0.4) is 0 Å². The number of hydrogen-bond donors (Lipinski definition) is 2. The van der Waals surface area contributed by atoms with Gasteiger partial charge in [-0.1, -0.05) is 13.8 Å². The van der Waals surface area contributed by atoms with Crippen LogP contribution in [-0.4, -0.2) is 25.7 Å². The number of aryl methyl sites for hydroxylation is 1. The van der Waals surface area contributed by atoms with E-state index in [4.69, 9.17) is 4.74 Å². The monoisotopic (exact) mass is 380 g/mol. The molecule has 2 aliphatic heterocycles. The predicted molar refractivity (Wildman–Crippen MR) is 103 cm³/mol. The van der Waals surface area contributed by atoms with Crippen molar-refractivity contribution < 1.29 is 19.7 Å². The summed E-state index contributed by atoms with van der Waals surface area (Å²) >= 11 is 0. The molecular formula is C21H20N2O5. The highest BCUT2D eigenvalue weighted by atomic mass is 16.5. The van der Waals surface area contributed by atoms with Crippen molar-refractivity contribution in [3.05, 3.63) is 56.9 Å². The molecule has 0 saturated carbocycles. The second-order valence-corrected chi connectivity index (χ2v) is 6.64. The van der Waals surface area contributed by atoms with Gasteiger partial charge >= 0.3 is 5.97 Å². The largest absolute Gasteiger partial charge is 0.508 e. The van der Waals surface area contributed by atoms with Crippen LogP contribution in [0.5, 0.6) is 5.75 Å². The average Bonchev–Trinajstić information content (AvgIpc) is 3.07. The lowest BCUT2D eigenvalue weighted by atomic mass is 10.00. The molecule has 7 heteroatoms. The van der Waals surface area contributed by atoms with Gasteiger partial charge in [0, 0.05) is 22.1 Å². The van der Waals surface area contributed by atoms with E-state index in [0.717, 1.165) is 16.5 Å². The minimum absolute atomic E-state index is 0.136. The summed E-state index contributed by atoms with van der Waals surface area (Å²) < 4.78 is 6.46. The maximum atomic E-state index is 12.8. The third-order valence-electron chi connectivity index (χ3n) is 5.20. The van der Waals surface area contributed by atoms with E-state index in [1.54, 1.807) is 22.8 Å². The Kier molecular flexibility index (Phi) is 4.19. The third kappa shape index (κ3) is 2.43. The van der Waals surface area contributed by atoms with Crippen molar-refractivity contribution in [2.45, 2.75) is 40.0 Å². The fourth-order valence-corrected chi connectivity index (χ4v) is 3.73. The summed E-state index contributed by atoms with van der Waals surface area (Å²) in [6.07, 6.45) is -1.46. The number of fused-ring (bicyclic) bond motifs is 5. The summed E-state index contributed by atoms with van der Waals surface area (Å²) in [7, 11) is 0. The molecule has 5 rings (SSSR count). The second kappa shape index (κ2) is 6.45. The fourth-order valence-electron chi connectivity index (χ4n) is 3.73. The van der Waals surface area contributed by atoms with Crippen molar-refractivity contribution >= 4 is 16.9 Å². The fraction of sp³-hybridized carbons (Fsp3) is 0.286. The Morgan fingerprint density at radius 1 is 1.21 bits per heavy atom. The van der Waals surface area contributed by atoms with Crippen molar-refractivity contribution in [3.63, 3.8) is 0 Å². The normalized spacial score (nSPS) is 16.6. The Morgan fingerprint density at radius 2 is 1.96 bits per heavy atom. The number of phenolic OH excluding ortho intramolecular Hbond substituents is 1. The van der Waals surface area contributed by atoms with Gasteiger partial charge in [-0.3, -0.25) is 4.79 Å². The van der Waals surface area contributed by atoms with Gasteiger partial charge in [-0.05, 0) is 31.2 Å². The number of aromatic hydroxyl groups is 1. The summed E-state index contributed by atoms with van der Waals surface area (Å²) in [5, 5.41) is 20.9. The third-order valence-corrected chi connectivity index (χ3v) is 5.20. The van der Waals surface area contributed by atoms with Crippen LogP contribution in [-0.2, 0) is 22.7 Å². The minimum Gasteiger partial charge on any atom is -0.508 e. The van der Waals surface area contributed by atoms with E-state index in [2.05, 4.69) is 4.98 Å². The molecule has 28 heavy (non-hydrogen) atoms. The lowest BCUT2D eigenvalue weighted by Gasteiger charge is -2.21. The predicted octanol–water partition coefficient (Wildman–Crippen LogP) is 2.56. The first kappa shape index (κ1) is 18.2. The first-order chi connectivity index (χ1) is 13.5. The SMILES string of the molecule is CC.Cc1c(O)ccc2nc3c(cc12)Cn1c-3cc2c(c1=O)COC(=O)C2O. The van der Waals surface area contributed by atoms with Gasteiger partial charge in [0.2, 0.25) is 0 Å². The molecule has 0 saturated heterocycles. The molecule has 7 nitrogen and oxygen atoms in total. The van der Waals surface area contributed by atoms with Gasteiger partial charge in [-0.25, -0.2) is 9.78 Å². The van der Waals surface area contributed by atoms with Gasteiger partial charge in [-0.15, -0.1) is 0 Å². The Bertz CT molecular complexity index is 1200. The highest BCUT2D eigenvalue weighted by Crippen LogP contribution is 2.36. The van der Waals surface area contributed by atoms with Crippen molar-refractivity contribution in [3.8, 4) is 17.1 Å². The number of phenols is 1. The number of aliphatic hydroxyl groups is 1. The van der Waals surface area contributed by atoms with Crippen molar-refractivity contribution in [1.82, 2.24) is 9.55 Å². The van der Waals surface area contributed by atoms with Crippen molar-refractivity contribution in [2.24, 2.45) is 0 Å². The Balaban J connectivity index is 0.000000932. The zero-order valence-electron chi connectivity index (χ0n) is 15.8. The van der Waals surface area contributed by atoms with Crippen LogP contribution in [0.15, 0.2) is 29.1 Å². The van der Waals surface area contributed by atoms with E-state index in [9.17, 15) is 19.8 Å². The molecule has 0 spiro atoms. The molecule has 4 heterocycles. The van der Waals surface area contributed by atoms with Gasteiger partial charge in [0.15, 0.2) is 6.10 Å². The summed E-state index contributed by atoms with van der Waals surface area (Å²) in [6.45, 7) is 6.03. The molecule has 1 unspecified atom stereocenters. The number of aromatic nitrogens is 2. The number of pyridine rings is 2. The highest BCUT2D eigenvalue weighted by Gasteiger charge is 2.33. The van der Waals surface area contributed by atoms with E-state index in [1.807, 2.05) is 26.8 Å². The van der Waals surface area contributed by atoms with E-state index < -0.39 is 12.1 Å². The number of esters is 1. The molecule has 0 amide bonds. The topological polar surface area (TPSA) is 102 Å². The van der Waals surface area contributed by atoms with Crippen molar-refractivity contribution in [2.75, 3.05) is 0 Å². The average molecular weight is 380 g/mol. The molecule has 1 atom stereocenters. The second-order valence-electron chi connectivity index (χ2n) is 6.64. The van der Waals surface area contributed by atoms with Gasteiger partial charge in [0.05, 0.1) is 29.0 Å². The smallest absolute Gasteiger partial charge is 0.340 e. The van der Waals surface area contributed by atoms with E-state index >= 15 is 0 Å². The maximum Gasteiger partial charge on any atom is 0.340 e. The Morgan fingerprint density at radius 3 is 2.71 bits per heavy atom. The van der Waals surface area contributed by atoms with Crippen molar-refractivity contribution in [1.29, 1.82) is 0 Å². The first-order valence-electron chi connectivity index (χ1n) is 9.19. The lowest BCUT2D eigenvalue weighted by Crippen LogP contribution is -2.32. The number of carbonyl (C=O) groups excluding carboxylic acids is 1. The number of cyclic esters (lactones) is 1. The molecule has 0 aliphatic carbocycles. The lowest BCUT2D eigenvalue weighted by molar-refractivity contribution is -0.157. The van der Waals surface area contributed by atoms with Crippen LogP contribution in [0.1, 0.15) is 42.2 Å². The van der Waals surface area contributed by atoms with Gasteiger partial charge < -0.3 is 19.5 Å². The number of rotatable bonds is 0. The molecular weight excluding hydrogens is 360 g/mol. The maximum absolute atomic E-state index is 12.8. The molecule has 1 aromatic carbocycles. The quantitative estimate of drug-likeness (QED) is 0.455. The molecule has 2 N–H and O–H groups in total. The van der Waals surface area contributed by atoms with Crippen LogP contribution < -0.4 is 5.56 Å². The van der Waals surface area contributed by atoms with Crippen LogP contribution >= 0.6 is 0 Å². The zero-order chi connectivity index (χ0) is 20.2. The number of aliphatic hydroxyl groups excluding tert-OH is 1. The van der Waals surface area contributed by atoms with Gasteiger partial charge in [0.25, 0.3) is 5.56 Å². The molecule has 3 aromatic rings. The summed E-state index contributed by atoms with van der Waals surface area (Å²) in [5.74, 6) is -0.557. The Hall–Kier alpha value is -3.19. The van der Waals surface area contributed by atoms with Gasteiger partial charge in [-0.2, -0.15) is 0 Å². The molecule has 0 fully saturated rings. The van der Waals surface area contributed by atoms with E-state index in [0.29, 0.717) is 29.0 Å². The van der Waals surface area contributed by atoms with E-state index in [-0.39, 0.29) is 23.5 Å². The van der Waals surface area contributed by atoms with Crippen LogP contribution in [0.2, 0.25) is 0 Å². The Labute approximate surface area is 160 Å². The highest BCUT2D eigenvalue weighted by molar-refractivity contribution is 5.88. The van der Waals surface area contributed by atoms with Gasteiger partial charge in [0.1, 0.15) is 12.4 Å². The van der Waals surface area contributed by atoms with Crippen LogP contribution in [0.4, 0.5) is 0 Å². The standard InChI is InChI=1S/C19H14N2O5.C2H6/c1-8-10-4-9-6-21-14(16(9)20-13(10)2-3-15(8)22)5-11-12(18(21)24)7-26-19(25)17(11)23;1-2/h2-5,17,22-23H,6-7H2,1H3;1-2H3. The summed E-state index contributed by atoms with van der Waals surface area (Å²) in [6, 6.07) is 6.89. The minimum atomic E-state index is -1.46.